The zero-order valence-corrected chi connectivity index (χ0v) is 11.3. The maximum absolute atomic E-state index is 5.74. The minimum atomic E-state index is 0.284. The Morgan fingerprint density at radius 3 is 2.52 bits per heavy atom. The molecule has 1 heteroatoms. The van der Waals surface area contributed by atoms with Crippen LogP contribution in [0.2, 0.25) is 0 Å². The summed E-state index contributed by atoms with van der Waals surface area (Å²) in [4.78, 5) is 0. The van der Waals surface area contributed by atoms with E-state index in [0.29, 0.717) is 6.10 Å². The standard InChI is InChI=1S/C20H12O/c1-2-11-4-5-13-10-16-14(8-9-17-20(16)21-17)15-7-6-12(3-1)18(11)19(13)15/h1-10,17,20H. The maximum atomic E-state index is 5.74. The Morgan fingerprint density at radius 1 is 0.810 bits per heavy atom. The van der Waals surface area contributed by atoms with Crippen molar-refractivity contribution in [2.45, 2.75) is 12.2 Å². The van der Waals surface area contributed by atoms with Crippen molar-refractivity contribution in [2.75, 3.05) is 0 Å². The van der Waals surface area contributed by atoms with E-state index in [-0.39, 0.29) is 6.10 Å². The van der Waals surface area contributed by atoms with Crippen molar-refractivity contribution in [3.05, 3.63) is 65.7 Å². The molecule has 0 radical (unpaired) electrons. The molecule has 1 nitrogen and oxygen atoms in total. The first kappa shape index (κ1) is 10.4. The topological polar surface area (TPSA) is 12.5 Å². The first-order chi connectivity index (χ1) is 10.4. The molecule has 0 amide bonds. The SMILES string of the molecule is C1=CC2OC2c2cc3ccc4cccc5ccc(c21)c3c45. The smallest absolute Gasteiger partial charge is 0.114 e. The highest BCUT2D eigenvalue weighted by Gasteiger charge is 2.42. The summed E-state index contributed by atoms with van der Waals surface area (Å²) in [5, 5.41) is 8.13. The molecule has 0 bridgehead atoms. The Kier molecular flexibility index (Phi) is 1.61. The number of ether oxygens (including phenoxy) is 1. The third-order valence-corrected chi connectivity index (χ3v) is 5.01. The number of hydrogen-bond donors (Lipinski definition) is 0. The third-order valence-electron chi connectivity index (χ3n) is 5.01. The van der Waals surface area contributed by atoms with Gasteiger partial charge in [0.15, 0.2) is 0 Å². The second kappa shape index (κ2) is 3.26. The van der Waals surface area contributed by atoms with Crippen LogP contribution < -0.4 is 0 Å². The van der Waals surface area contributed by atoms with Crippen LogP contribution >= 0.6 is 0 Å². The van der Waals surface area contributed by atoms with E-state index in [1.165, 1.54) is 43.4 Å². The molecular formula is C20H12O. The Morgan fingerprint density at radius 2 is 1.62 bits per heavy atom. The highest BCUT2D eigenvalue weighted by Crippen LogP contribution is 2.49. The Balaban J connectivity index is 1.93. The number of fused-ring (bicyclic) bond motifs is 4. The van der Waals surface area contributed by atoms with Crippen LogP contribution in [0.4, 0.5) is 0 Å². The largest absolute Gasteiger partial charge is 0.360 e. The van der Waals surface area contributed by atoms with E-state index in [2.05, 4.69) is 60.7 Å². The zero-order chi connectivity index (χ0) is 13.6. The van der Waals surface area contributed by atoms with Crippen LogP contribution in [0.5, 0.6) is 0 Å². The van der Waals surface area contributed by atoms with Crippen molar-refractivity contribution in [1.29, 1.82) is 0 Å². The summed E-state index contributed by atoms with van der Waals surface area (Å²) in [5.41, 5.74) is 2.70. The van der Waals surface area contributed by atoms with Crippen molar-refractivity contribution in [1.82, 2.24) is 0 Å². The van der Waals surface area contributed by atoms with E-state index in [1.807, 2.05) is 0 Å². The zero-order valence-electron chi connectivity index (χ0n) is 11.3. The molecule has 4 aromatic carbocycles. The lowest BCUT2D eigenvalue weighted by molar-refractivity contribution is 0.395. The van der Waals surface area contributed by atoms with Gasteiger partial charge in [-0.2, -0.15) is 0 Å². The summed E-state index contributed by atoms with van der Waals surface area (Å²) < 4.78 is 5.74. The van der Waals surface area contributed by atoms with E-state index in [9.17, 15) is 0 Å². The summed E-state index contributed by atoms with van der Waals surface area (Å²) >= 11 is 0. The van der Waals surface area contributed by atoms with Crippen LogP contribution in [0.1, 0.15) is 17.2 Å². The molecule has 0 spiro atoms. The number of rotatable bonds is 0. The van der Waals surface area contributed by atoms with E-state index in [1.54, 1.807) is 0 Å². The lowest BCUT2D eigenvalue weighted by Crippen LogP contribution is -1.97. The lowest BCUT2D eigenvalue weighted by atomic mass is 9.86. The fourth-order valence-electron chi connectivity index (χ4n) is 3.99. The van der Waals surface area contributed by atoms with Crippen LogP contribution in [0.25, 0.3) is 38.4 Å². The molecule has 0 N–H and O–H groups in total. The summed E-state index contributed by atoms with van der Waals surface area (Å²) in [6.07, 6.45) is 5.04. The van der Waals surface area contributed by atoms with Gasteiger partial charge in [0.1, 0.15) is 12.2 Å². The molecule has 98 valence electrons. The molecule has 1 aliphatic carbocycles. The molecule has 1 fully saturated rings. The average Bonchev–Trinajstić information content (AvgIpc) is 3.32. The third kappa shape index (κ3) is 1.17. The van der Waals surface area contributed by atoms with Gasteiger partial charge in [-0.15, -0.1) is 0 Å². The van der Waals surface area contributed by atoms with Crippen molar-refractivity contribution >= 4 is 38.4 Å². The van der Waals surface area contributed by atoms with Gasteiger partial charge < -0.3 is 4.74 Å². The predicted molar refractivity (Wildman–Crippen MR) is 86.8 cm³/mol. The fraction of sp³-hybridized carbons (Fsp3) is 0.100. The molecule has 1 heterocycles. The molecule has 21 heavy (non-hydrogen) atoms. The maximum Gasteiger partial charge on any atom is 0.114 e. The molecule has 0 saturated carbocycles. The van der Waals surface area contributed by atoms with Gasteiger partial charge in [0.2, 0.25) is 0 Å². The van der Waals surface area contributed by atoms with Gasteiger partial charge in [-0.05, 0) is 49.5 Å². The van der Waals surface area contributed by atoms with Crippen molar-refractivity contribution in [3.8, 4) is 0 Å². The normalized spacial score (nSPS) is 22.9. The van der Waals surface area contributed by atoms with E-state index in [4.69, 9.17) is 4.74 Å². The van der Waals surface area contributed by atoms with Gasteiger partial charge in [-0.1, -0.05) is 54.6 Å². The van der Waals surface area contributed by atoms with Crippen LogP contribution in [0, 0.1) is 0 Å². The van der Waals surface area contributed by atoms with Gasteiger partial charge in [0.05, 0.1) is 0 Å². The second-order valence-corrected chi connectivity index (χ2v) is 6.12. The van der Waals surface area contributed by atoms with Gasteiger partial charge in [-0.3, -0.25) is 0 Å². The summed E-state index contributed by atoms with van der Waals surface area (Å²) in [5.74, 6) is 0. The van der Waals surface area contributed by atoms with Gasteiger partial charge in [-0.25, -0.2) is 0 Å². The number of epoxide rings is 1. The van der Waals surface area contributed by atoms with Gasteiger partial charge in [0.25, 0.3) is 0 Å². The molecule has 1 saturated heterocycles. The lowest BCUT2D eigenvalue weighted by Gasteiger charge is -2.16. The summed E-state index contributed by atoms with van der Waals surface area (Å²) in [6, 6.07) is 17.9. The quantitative estimate of drug-likeness (QED) is 0.321. The first-order valence-electron chi connectivity index (χ1n) is 7.44. The van der Waals surface area contributed by atoms with Gasteiger partial charge in [0, 0.05) is 0 Å². The highest BCUT2D eigenvalue weighted by atomic mass is 16.6. The molecule has 4 aromatic rings. The van der Waals surface area contributed by atoms with Crippen LogP contribution in [0.15, 0.2) is 54.6 Å². The first-order valence-corrected chi connectivity index (χ1v) is 7.44. The van der Waals surface area contributed by atoms with Crippen LogP contribution in [-0.2, 0) is 4.74 Å². The monoisotopic (exact) mass is 268 g/mol. The van der Waals surface area contributed by atoms with Crippen LogP contribution in [-0.4, -0.2) is 6.10 Å². The Bertz CT molecular complexity index is 1060. The van der Waals surface area contributed by atoms with Crippen molar-refractivity contribution in [3.63, 3.8) is 0 Å². The summed E-state index contributed by atoms with van der Waals surface area (Å²) in [6.45, 7) is 0. The number of hydrogen-bond acceptors (Lipinski definition) is 1. The van der Waals surface area contributed by atoms with Crippen molar-refractivity contribution < 1.29 is 4.74 Å². The van der Waals surface area contributed by atoms with E-state index in [0.717, 1.165) is 0 Å². The van der Waals surface area contributed by atoms with E-state index >= 15 is 0 Å². The molecular weight excluding hydrogens is 256 g/mol. The molecule has 0 aromatic heterocycles. The molecule has 2 unspecified atom stereocenters. The van der Waals surface area contributed by atoms with Gasteiger partial charge >= 0.3 is 0 Å². The Hall–Kier alpha value is -2.38. The van der Waals surface area contributed by atoms with Crippen molar-refractivity contribution in [2.24, 2.45) is 0 Å². The minimum absolute atomic E-state index is 0.284. The van der Waals surface area contributed by atoms with Crippen LogP contribution in [0.3, 0.4) is 0 Å². The average molecular weight is 268 g/mol. The highest BCUT2D eigenvalue weighted by molar-refractivity contribution is 6.24. The van der Waals surface area contributed by atoms with E-state index < -0.39 is 0 Å². The molecule has 2 atom stereocenters. The summed E-state index contributed by atoms with van der Waals surface area (Å²) in [7, 11) is 0. The Labute approximate surface area is 121 Å². The molecule has 2 aliphatic rings. The minimum Gasteiger partial charge on any atom is -0.360 e. The fourth-order valence-corrected chi connectivity index (χ4v) is 3.99. The predicted octanol–water partition coefficient (Wildman–Crippen LogP) is 5.05. The second-order valence-electron chi connectivity index (χ2n) is 6.12. The molecule has 6 rings (SSSR count). The number of benzene rings is 4. The molecule has 1 aliphatic heterocycles.